The van der Waals surface area contributed by atoms with Crippen LogP contribution in [0.4, 0.5) is 5.69 Å². The molecule has 0 bridgehead atoms. The number of amides is 1. The van der Waals surface area contributed by atoms with E-state index >= 15 is 0 Å². The molecule has 0 saturated carbocycles. The van der Waals surface area contributed by atoms with Gasteiger partial charge in [0.1, 0.15) is 5.75 Å². The number of thioether (sulfide) groups is 1. The average Bonchev–Trinajstić information content (AvgIpc) is 2.91. The van der Waals surface area contributed by atoms with Gasteiger partial charge in [-0.2, -0.15) is 0 Å². The molecule has 8 nitrogen and oxygen atoms in total. The van der Waals surface area contributed by atoms with Gasteiger partial charge in [0.25, 0.3) is 5.91 Å². The van der Waals surface area contributed by atoms with Crippen molar-refractivity contribution in [1.29, 1.82) is 0 Å². The summed E-state index contributed by atoms with van der Waals surface area (Å²) >= 11 is 1.38. The first-order valence-corrected chi connectivity index (χ1v) is 11.3. The molecule has 2 aromatic carbocycles. The summed E-state index contributed by atoms with van der Waals surface area (Å²) in [5.74, 6) is -0.647. The fourth-order valence-electron chi connectivity index (χ4n) is 3.53. The van der Waals surface area contributed by atoms with E-state index in [4.69, 9.17) is 14.2 Å². The van der Waals surface area contributed by atoms with E-state index < -0.39 is 23.3 Å². The molecule has 3 rings (SSSR count). The lowest BCUT2D eigenvalue weighted by Gasteiger charge is -2.28. The second-order valence-corrected chi connectivity index (χ2v) is 8.99. The lowest BCUT2D eigenvalue weighted by atomic mass is 10.1. The van der Waals surface area contributed by atoms with Gasteiger partial charge in [-0.15, -0.1) is 11.8 Å². The lowest BCUT2D eigenvalue weighted by Crippen LogP contribution is -2.45. The predicted molar refractivity (Wildman–Crippen MR) is 133 cm³/mol. The Kier molecular flexibility index (Phi) is 9.52. The highest BCUT2D eigenvalue weighted by Crippen LogP contribution is 2.47. The van der Waals surface area contributed by atoms with Crippen LogP contribution in [0.15, 0.2) is 47.4 Å². The van der Waals surface area contributed by atoms with Crippen LogP contribution in [-0.2, 0) is 19.1 Å². The molecule has 1 heterocycles. The van der Waals surface area contributed by atoms with Gasteiger partial charge in [0.15, 0.2) is 6.10 Å². The van der Waals surface area contributed by atoms with E-state index in [2.05, 4.69) is 0 Å². The van der Waals surface area contributed by atoms with Gasteiger partial charge >= 0.3 is 11.9 Å². The second-order valence-electron chi connectivity index (χ2n) is 7.81. The van der Waals surface area contributed by atoms with Crippen molar-refractivity contribution in [3.8, 4) is 5.75 Å². The number of likely N-dealkylation sites (N-methyl/N-ethyl adjacent to an activating group) is 1. The number of ether oxygens (including phenoxy) is 3. The Morgan fingerprint density at radius 1 is 1.09 bits per heavy atom. The van der Waals surface area contributed by atoms with E-state index in [9.17, 15) is 14.4 Å². The van der Waals surface area contributed by atoms with Crippen molar-refractivity contribution < 1.29 is 28.6 Å². The number of benzene rings is 2. The molecule has 0 aromatic heterocycles. The zero-order chi connectivity index (χ0) is 24.1. The summed E-state index contributed by atoms with van der Waals surface area (Å²) in [6.07, 6.45) is -1.04. The highest BCUT2D eigenvalue weighted by molar-refractivity contribution is 7.99. The van der Waals surface area contributed by atoms with Gasteiger partial charge in [-0.1, -0.05) is 19.6 Å². The monoisotopic (exact) mass is 488 g/mol. The Labute approximate surface area is 205 Å². The van der Waals surface area contributed by atoms with Crippen molar-refractivity contribution in [2.24, 2.45) is 0 Å². The maximum absolute atomic E-state index is 13.7. The van der Waals surface area contributed by atoms with Crippen molar-refractivity contribution in [1.82, 2.24) is 4.90 Å². The molecule has 0 N–H and O–H groups in total. The van der Waals surface area contributed by atoms with E-state index in [-0.39, 0.29) is 13.3 Å². The number of esters is 2. The summed E-state index contributed by atoms with van der Waals surface area (Å²) in [5, 5.41) is -0.525. The fraction of sp³-hybridized carbons (Fsp3) is 0.400. The highest BCUT2D eigenvalue weighted by atomic mass is 32.2. The van der Waals surface area contributed by atoms with E-state index in [0.717, 1.165) is 10.5 Å². The molecule has 184 valence electrons. The van der Waals surface area contributed by atoms with Crippen LogP contribution in [0.2, 0.25) is 0 Å². The summed E-state index contributed by atoms with van der Waals surface area (Å²) in [6.45, 7) is 2.29. The predicted octanol–water partition coefficient (Wildman–Crippen LogP) is 3.79. The van der Waals surface area contributed by atoms with Gasteiger partial charge < -0.3 is 24.0 Å². The van der Waals surface area contributed by atoms with E-state index in [1.54, 1.807) is 42.3 Å². The first kappa shape index (κ1) is 27.2. The molecule has 0 unspecified atom stereocenters. The van der Waals surface area contributed by atoms with Gasteiger partial charge in [0, 0.05) is 24.9 Å². The normalized spacial score (nSPS) is 17.4. The largest absolute Gasteiger partial charge is 0.497 e. The molecule has 9 heteroatoms. The zero-order valence-corrected chi connectivity index (χ0v) is 20.2. The number of hydrogen-bond donors (Lipinski definition) is 0. The molecule has 2 aromatic rings. The molecule has 0 fully saturated rings. The molecule has 1 aliphatic rings. The molecule has 2 atom stereocenters. The second kappa shape index (κ2) is 11.9. The lowest BCUT2D eigenvalue weighted by molar-refractivity contribution is -0.152. The summed E-state index contributed by atoms with van der Waals surface area (Å²) in [4.78, 5) is 42.2. The van der Waals surface area contributed by atoms with Crippen LogP contribution in [0.25, 0.3) is 0 Å². The summed E-state index contributed by atoms with van der Waals surface area (Å²) < 4.78 is 15.7. The van der Waals surface area contributed by atoms with Crippen molar-refractivity contribution in [3.63, 3.8) is 0 Å². The van der Waals surface area contributed by atoms with Crippen LogP contribution < -0.4 is 9.64 Å². The molecule has 0 radical (unpaired) electrons. The van der Waals surface area contributed by atoms with Crippen molar-refractivity contribution in [2.45, 2.75) is 30.6 Å². The molecule has 0 aliphatic carbocycles. The number of carbonyl (C=O) groups excluding carboxylic acids is 3. The van der Waals surface area contributed by atoms with Crippen molar-refractivity contribution in [2.75, 3.05) is 46.3 Å². The minimum absolute atomic E-state index is 0. The van der Waals surface area contributed by atoms with Gasteiger partial charge in [-0.05, 0) is 50.0 Å². The average molecular weight is 489 g/mol. The topological polar surface area (TPSA) is 85.4 Å². The number of carbonyl (C=O) groups is 3. The summed E-state index contributed by atoms with van der Waals surface area (Å²) in [7, 11) is 6.74. The van der Waals surface area contributed by atoms with Gasteiger partial charge in [0.2, 0.25) is 0 Å². The van der Waals surface area contributed by atoms with Gasteiger partial charge in [0.05, 0.1) is 30.7 Å². The van der Waals surface area contributed by atoms with Crippen LogP contribution in [-0.4, -0.2) is 70.3 Å². The van der Waals surface area contributed by atoms with Gasteiger partial charge in [-0.3, -0.25) is 9.59 Å². The SMILES string of the molecule is C.COC(=O)c1ccc2c(c1)S[C@@H](c1ccc(OC)cc1)[C@@H](OC(C)=O)C(=O)N2CCN(C)C. The van der Waals surface area contributed by atoms with Gasteiger partial charge in [-0.25, -0.2) is 4.79 Å². The summed E-state index contributed by atoms with van der Waals surface area (Å²) in [5.41, 5.74) is 1.83. The first-order valence-electron chi connectivity index (χ1n) is 10.4. The third-order valence-electron chi connectivity index (χ3n) is 5.22. The quantitative estimate of drug-likeness (QED) is 0.544. The molecule has 34 heavy (non-hydrogen) atoms. The number of anilines is 1. The number of rotatable bonds is 7. The third-order valence-corrected chi connectivity index (χ3v) is 6.57. The zero-order valence-electron chi connectivity index (χ0n) is 19.4. The molecule has 1 aliphatic heterocycles. The Balaban J connectivity index is 0.00000408. The minimum Gasteiger partial charge on any atom is -0.497 e. The summed E-state index contributed by atoms with van der Waals surface area (Å²) in [6, 6.07) is 12.4. The smallest absolute Gasteiger partial charge is 0.337 e. The van der Waals surface area contributed by atoms with Crippen molar-refractivity contribution >= 4 is 35.3 Å². The number of hydrogen-bond acceptors (Lipinski definition) is 8. The fourth-order valence-corrected chi connectivity index (χ4v) is 4.89. The van der Waals surface area contributed by atoms with E-state index in [1.807, 2.05) is 31.1 Å². The van der Waals surface area contributed by atoms with Crippen LogP contribution in [0, 0.1) is 0 Å². The molecular weight excluding hydrogens is 456 g/mol. The maximum atomic E-state index is 13.7. The Morgan fingerprint density at radius 3 is 2.32 bits per heavy atom. The molecule has 0 saturated heterocycles. The third kappa shape index (κ3) is 6.09. The molecular formula is C25H32N2O6S. The van der Waals surface area contributed by atoms with Crippen LogP contribution >= 0.6 is 11.8 Å². The molecule has 1 amide bonds. The van der Waals surface area contributed by atoms with Crippen LogP contribution in [0.1, 0.15) is 35.5 Å². The van der Waals surface area contributed by atoms with Crippen LogP contribution in [0.3, 0.4) is 0 Å². The Morgan fingerprint density at radius 2 is 1.76 bits per heavy atom. The number of methoxy groups -OCH3 is 2. The standard InChI is InChI=1S/C24H28N2O6S.CH4/c1-15(27)32-21-22(16-6-9-18(30-4)10-7-16)33-20-14-17(24(29)31-5)8-11-19(20)26(23(21)28)13-12-25(2)3;/h6-11,14,21-22H,12-13H2,1-5H3;1H4/t21-,22+;/m1./s1. The Bertz CT molecular complexity index is 1020. The maximum Gasteiger partial charge on any atom is 0.337 e. The molecule has 0 spiro atoms. The number of fused-ring (bicyclic) bond motifs is 1. The Hall–Kier alpha value is -3.04. The van der Waals surface area contributed by atoms with Crippen LogP contribution in [0.5, 0.6) is 5.75 Å². The van der Waals surface area contributed by atoms with Crippen molar-refractivity contribution in [3.05, 3.63) is 53.6 Å². The minimum atomic E-state index is -1.04. The number of nitrogens with zero attached hydrogens (tertiary/aromatic N) is 2. The van der Waals surface area contributed by atoms with E-state index in [1.165, 1.54) is 25.8 Å². The highest BCUT2D eigenvalue weighted by Gasteiger charge is 2.41. The first-order chi connectivity index (χ1) is 15.7. The van der Waals surface area contributed by atoms with E-state index in [0.29, 0.717) is 30.1 Å².